The van der Waals surface area contributed by atoms with Gasteiger partial charge in [-0.3, -0.25) is 0 Å². The summed E-state index contributed by atoms with van der Waals surface area (Å²) in [5.41, 5.74) is 13.7. The Morgan fingerprint density at radius 1 is 0.367 bits per heavy atom. The third-order valence-electron chi connectivity index (χ3n) is 11.3. The van der Waals surface area contributed by atoms with Crippen LogP contribution in [0.1, 0.15) is 47.2 Å². The van der Waals surface area contributed by atoms with E-state index in [1.165, 1.54) is 77.4 Å². The molecular weight excluding hydrogens is 591 g/mol. The van der Waals surface area contributed by atoms with Crippen LogP contribution >= 0.6 is 0 Å². The molecule has 0 fully saturated rings. The van der Waals surface area contributed by atoms with Crippen molar-refractivity contribution in [3.8, 4) is 11.1 Å². The minimum absolute atomic E-state index is 0.189. The Morgan fingerprint density at radius 2 is 0.816 bits per heavy atom. The van der Waals surface area contributed by atoms with Crippen LogP contribution in [0.2, 0.25) is 0 Å². The summed E-state index contributed by atoms with van der Waals surface area (Å²) < 4.78 is 0. The lowest BCUT2D eigenvalue weighted by atomic mass is 9.55. The van der Waals surface area contributed by atoms with E-state index < -0.39 is 5.41 Å². The van der Waals surface area contributed by atoms with Gasteiger partial charge in [-0.25, -0.2) is 0 Å². The van der Waals surface area contributed by atoms with Crippen LogP contribution in [0.15, 0.2) is 176 Å². The summed E-state index contributed by atoms with van der Waals surface area (Å²) in [4.78, 5) is 2.50. The predicted octanol–water partition coefficient (Wildman–Crippen LogP) is 12.5. The van der Waals surface area contributed by atoms with Crippen LogP contribution in [0.5, 0.6) is 0 Å². The van der Waals surface area contributed by atoms with Crippen LogP contribution in [0, 0.1) is 0 Å². The molecule has 0 N–H and O–H groups in total. The number of hydrogen-bond donors (Lipinski definition) is 0. The topological polar surface area (TPSA) is 3.24 Å². The normalized spacial score (nSPS) is 14.7. The Bertz CT molecular complexity index is 2470. The van der Waals surface area contributed by atoms with Crippen molar-refractivity contribution in [2.24, 2.45) is 0 Å². The van der Waals surface area contributed by atoms with Crippen LogP contribution in [-0.4, -0.2) is 0 Å². The van der Waals surface area contributed by atoms with Crippen molar-refractivity contribution in [3.05, 3.63) is 209 Å². The molecule has 1 heteroatoms. The second-order valence-corrected chi connectivity index (χ2v) is 14.1. The van der Waals surface area contributed by atoms with Gasteiger partial charge in [0.05, 0.1) is 16.8 Å². The van der Waals surface area contributed by atoms with Crippen LogP contribution < -0.4 is 4.90 Å². The molecular formula is C48H35N. The van der Waals surface area contributed by atoms with Gasteiger partial charge in [0, 0.05) is 21.9 Å². The quantitative estimate of drug-likeness (QED) is 0.189. The van der Waals surface area contributed by atoms with Gasteiger partial charge in [-0.2, -0.15) is 0 Å². The van der Waals surface area contributed by atoms with Crippen molar-refractivity contribution in [2.45, 2.75) is 24.7 Å². The molecule has 0 heterocycles. The Balaban J connectivity index is 1.34. The molecule has 49 heavy (non-hydrogen) atoms. The third-order valence-corrected chi connectivity index (χ3v) is 11.3. The molecule has 0 atom stereocenters. The van der Waals surface area contributed by atoms with Crippen molar-refractivity contribution in [2.75, 3.05) is 4.90 Å². The van der Waals surface area contributed by atoms with Crippen molar-refractivity contribution >= 4 is 38.6 Å². The van der Waals surface area contributed by atoms with E-state index in [1.54, 1.807) is 0 Å². The molecule has 0 unspecified atom stereocenters. The van der Waals surface area contributed by atoms with Gasteiger partial charge < -0.3 is 4.90 Å². The molecule has 0 saturated carbocycles. The second kappa shape index (κ2) is 10.3. The fourth-order valence-electron chi connectivity index (χ4n) is 9.20. The SMILES string of the molecule is CC1(C)c2ccccc2C2(c3ccccc3-c3ccccc32)c2cc(N(c3cccc4ccccc34)c3cccc4ccccc34)ccc21. The first-order chi connectivity index (χ1) is 24.1. The van der Waals surface area contributed by atoms with Gasteiger partial charge in [-0.1, -0.05) is 166 Å². The minimum atomic E-state index is -0.451. The molecule has 0 aliphatic heterocycles. The van der Waals surface area contributed by atoms with Crippen molar-refractivity contribution < 1.29 is 0 Å². The van der Waals surface area contributed by atoms with Crippen molar-refractivity contribution in [1.29, 1.82) is 0 Å². The third kappa shape index (κ3) is 3.76. The first kappa shape index (κ1) is 28.1. The Labute approximate surface area is 287 Å². The minimum Gasteiger partial charge on any atom is -0.309 e. The average molecular weight is 626 g/mol. The molecule has 8 aromatic rings. The summed E-state index contributed by atoms with van der Waals surface area (Å²) in [6.07, 6.45) is 0. The monoisotopic (exact) mass is 625 g/mol. The van der Waals surface area contributed by atoms with Gasteiger partial charge in [-0.05, 0) is 79.5 Å². The van der Waals surface area contributed by atoms with E-state index in [4.69, 9.17) is 0 Å². The van der Waals surface area contributed by atoms with Gasteiger partial charge in [0.25, 0.3) is 0 Å². The molecule has 1 spiro atoms. The molecule has 232 valence electrons. The van der Waals surface area contributed by atoms with Gasteiger partial charge in [0.2, 0.25) is 0 Å². The highest BCUT2D eigenvalue weighted by atomic mass is 15.1. The lowest BCUT2D eigenvalue weighted by Gasteiger charge is -2.47. The average Bonchev–Trinajstić information content (AvgIpc) is 3.45. The summed E-state index contributed by atoms with van der Waals surface area (Å²) >= 11 is 0. The number of nitrogens with zero attached hydrogens (tertiary/aromatic N) is 1. The zero-order valence-corrected chi connectivity index (χ0v) is 27.7. The molecule has 0 radical (unpaired) electrons. The molecule has 10 rings (SSSR count). The molecule has 1 nitrogen and oxygen atoms in total. The predicted molar refractivity (Wildman–Crippen MR) is 206 cm³/mol. The largest absolute Gasteiger partial charge is 0.309 e. The number of hydrogen-bond acceptors (Lipinski definition) is 1. The zero-order valence-electron chi connectivity index (χ0n) is 27.7. The highest BCUT2D eigenvalue weighted by Gasteiger charge is 2.53. The van der Waals surface area contributed by atoms with Crippen LogP contribution in [0.25, 0.3) is 32.7 Å². The molecule has 0 bridgehead atoms. The van der Waals surface area contributed by atoms with Crippen LogP contribution in [0.3, 0.4) is 0 Å². The molecule has 2 aliphatic rings. The smallest absolute Gasteiger partial charge is 0.0720 e. The lowest BCUT2D eigenvalue weighted by Crippen LogP contribution is -2.40. The number of rotatable bonds is 3. The zero-order chi connectivity index (χ0) is 32.7. The molecule has 0 saturated heterocycles. The van der Waals surface area contributed by atoms with Gasteiger partial charge >= 0.3 is 0 Å². The van der Waals surface area contributed by atoms with E-state index in [-0.39, 0.29) is 5.41 Å². The van der Waals surface area contributed by atoms with Gasteiger partial charge in [0.1, 0.15) is 0 Å². The second-order valence-electron chi connectivity index (χ2n) is 14.1. The maximum atomic E-state index is 2.52. The molecule has 8 aromatic carbocycles. The maximum Gasteiger partial charge on any atom is 0.0720 e. The highest BCUT2D eigenvalue weighted by Crippen LogP contribution is 2.62. The van der Waals surface area contributed by atoms with E-state index in [9.17, 15) is 0 Å². The first-order valence-corrected chi connectivity index (χ1v) is 17.3. The van der Waals surface area contributed by atoms with Gasteiger partial charge in [-0.15, -0.1) is 0 Å². The Hall–Kier alpha value is -5.92. The number of anilines is 3. The summed E-state index contributed by atoms with van der Waals surface area (Å²) in [5.74, 6) is 0. The van der Waals surface area contributed by atoms with E-state index in [2.05, 4.69) is 195 Å². The summed E-state index contributed by atoms with van der Waals surface area (Å²) in [5, 5.41) is 4.92. The summed E-state index contributed by atoms with van der Waals surface area (Å²) in [6, 6.07) is 65.6. The molecule has 0 amide bonds. The standard InChI is InChI=1S/C48H35N/c1-47(2)41-25-11-12-26-43(41)48(39-23-9-7-21-37(39)38-22-8-10-24-40(38)48)44-31-34(29-30-42(44)47)49(45-27-13-17-32-15-3-5-19-35(32)45)46-28-14-18-33-16-4-6-20-36(33)46/h3-31H,1-2H3. The van der Waals surface area contributed by atoms with E-state index in [1.807, 2.05) is 0 Å². The molecule has 2 aliphatic carbocycles. The number of benzene rings is 8. The fourth-order valence-corrected chi connectivity index (χ4v) is 9.20. The highest BCUT2D eigenvalue weighted by molar-refractivity contribution is 6.05. The van der Waals surface area contributed by atoms with E-state index in [0.717, 1.165) is 5.69 Å². The molecule has 0 aromatic heterocycles. The van der Waals surface area contributed by atoms with Crippen LogP contribution in [0.4, 0.5) is 17.1 Å². The van der Waals surface area contributed by atoms with E-state index >= 15 is 0 Å². The van der Waals surface area contributed by atoms with Gasteiger partial charge in [0.15, 0.2) is 0 Å². The van der Waals surface area contributed by atoms with Crippen molar-refractivity contribution in [1.82, 2.24) is 0 Å². The van der Waals surface area contributed by atoms with Crippen molar-refractivity contribution in [3.63, 3.8) is 0 Å². The fraction of sp³-hybridized carbons (Fsp3) is 0.0833. The first-order valence-electron chi connectivity index (χ1n) is 17.3. The lowest BCUT2D eigenvalue weighted by molar-refractivity contribution is 0.563. The Kier molecular flexibility index (Phi) is 5.91. The summed E-state index contributed by atoms with van der Waals surface area (Å²) in [6.45, 7) is 4.80. The van der Waals surface area contributed by atoms with E-state index in [0.29, 0.717) is 0 Å². The Morgan fingerprint density at radius 3 is 1.41 bits per heavy atom. The maximum absolute atomic E-state index is 2.52. The van der Waals surface area contributed by atoms with Crippen LogP contribution in [-0.2, 0) is 10.8 Å². The number of fused-ring (bicyclic) bond motifs is 11. The summed E-state index contributed by atoms with van der Waals surface area (Å²) in [7, 11) is 0.